The van der Waals surface area contributed by atoms with Crippen LogP contribution in [0.1, 0.15) is 17.0 Å². The topological polar surface area (TPSA) is 54.9 Å². The van der Waals surface area contributed by atoms with Crippen LogP contribution in [0.4, 0.5) is 18.9 Å². The maximum absolute atomic E-state index is 12.5. The molecular formula is C18H14F3N3OS. The highest BCUT2D eigenvalue weighted by Gasteiger charge is 2.29. The second kappa shape index (κ2) is 7.65. The van der Waals surface area contributed by atoms with Gasteiger partial charge in [0.05, 0.1) is 22.0 Å². The standard InChI is InChI=1S/C18H14F3N3OS/c19-18(20,21)12-4-6-13(7-5-12)23-16(25)8-9-17-24-15(11-26-17)14-3-1-2-10-22-14/h1-7,10-11H,8-9H2,(H,23,25). The number of anilines is 1. The summed E-state index contributed by atoms with van der Waals surface area (Å²) < 4.78 is 37.6. The maximum atomic E-state index is 12.5. The molecule has 0 spiro atoms. The van der Waals surface area contributed by atoms with Crippen molar-refractivity contribution in [2.24, 2.45) is 0 Å². The number of aromatic nitrogens is 2. The monoisotopic (exact) mass is 377 g/mol. The fourth-order valence-corrected chi connectivity index (χ4v) is 3.04. The van der Waals surface area contributed by atoms with E-state index >= 15 is 0 Å². The molecule has 0 atom stereocenters. The van der Waals surface area contributed by atoms with Gasteiger partial charge in [0.2, 0.25) is 5.91 Å². The lowest BCUT2D eigenvalue weighted by Crippen LogP contribution is -2.12. The number of hydrogen-bond acceptors (Lipinski definition) is 4. The number of alkyl halides is 3. The zero-order chi connectivity index (χ0) is 18.6. The predicted molar refractivity (Wildman–Crippen MR) is 93.7 cm³/mol. The molecule has 0 aliphatic rings. The molecule has 3 rings (SSSR count). The number of halogens is 3. The van der Waals surface area contributed by atoms with Crippen molar-refractivity contribution < 1.29 is 18.0 Å². The van der Waals surface area contributed by atoms with E-state index in [1.807, 2.05) is 23.6 Å². The number of amides is 1. The molecule has 3 aromatic rings. The van der Waals surface area contributed by atoms with Crippen molar-refractivity contribution in [1.82, 2.24) is 9.97 Å². The highest BCUT2D eigenvalue weighted by molar-refractivity contribution is 7.09. The van der Waals surface area contributed by atoms with Gasteiger partial charge in [0.1, 0.15) is 0 Å². The van der Waals surface area contributed by atoms with Crippen LogP contribution in [0, 0.1) is 0 Å². The van der Waals surface area contributed by atoms with Gasteiger partial charge in [0, 0.05) is 30.1 Å². The van der Waals surface area contributed by atoms with E-state index in [1.54, 1.807) is 6.20 Å². The Morgan fingerprint density at radius 3 is 2.50 bits per heavy atom. The number of nitrogens with zero attached hydrogens (tertiary/aromatic N) is 2. The van der Waals surface area contributed by atoms with Gasteiger partial charge in [-0.3, -0.25) is 9.78 Å². The van der Waals surface area contributed by atoms with Crippen molar-refractivity contribution in [2.75, 3.05) is 5.32 Å². The Bertz CT molecular complexity index is 877. The number of carbonyl (C=O) groups is 1. The molecule has 26 heavy (non-hydrogen) atoms. The number of thiazole rings is 1. The Morgan fingerprint density at radius 1 is 1.08 bits per heavy atom. The van der Waals surface area contributed by atoms with Gasteiger partial charge in [-0.05, 0) is 36.4 Å². The molecule has 0 radical (unpaired) electrons. The number of nitrogens with one attached hydrogen (secondary N) is 1. The minimum Gasteiger partial charge on any atom is -0.326 e. The number of benzene rings is 1. The van der Waals surface area contributed by atoms with E-state index in [0.29, 0.717) is 12.1 Å². The van der Waals surface area contributed by atoms with E-state index in [4.69, 9.17) is 0 Å². The maximum Gasteiger partial charge on any atom is 0.416 e. The molecule has 0 saturated heterocycles. The van der Waals surface area contributed by atoms with Crippen LogP contribution < -0.4 is 5.32 Å². The lowest BCUT2D eigenvalue weighted by atomic mass is 10.2. The summed E-state index contributed by atoms with van der Waals surface area (Å²) in [6.45, 7) is 0. The fraction of sp³-hybridized carbons (Fsp3) is 0.167. The van der Waals surface area contributed by atoms with Crippen molar-refractivity contribution in [3.8, 4) is 11.4 Å². The number of pyridine rings is 1. The molecule has 4 nitrogen and oxygen atoms in total. The smallest absolute Gasteiger partial charge is 0.326 e. The minimum atomic E-state index is -4.39. The second-order valence-electron chi connectivity index (χ2n) is 5.46. The highest BCUT2D eigenvalue weighted by Crippen LogP contribution is 2.29. The Balaban J connectivity index is 1.54. The summed E-state index contributed by atoms with van der Waals surface area (Å²) in [5, 5.41) is 5.27. The Morgan fingerprint density at radius 2 is 1.85 bits per heavy atom. The summed E-state index contributed by atoms with van der Waals surface area (Å²) in [5.41, 5.74) is 1.11. The van der Waals surface area contributed by atoms with Crippen LogP contribution in [-0.2, 0) is 17.4 Å². The van der Waals surface area contributed by atoms with Crippen LogP contribution in [0.5, 0.6) is 0 Å². The van der Waals surface area contributed by atoms with Crippen molar-refractivity contribution >= 4 is 22.9 Å². The van der Waals surface area contributed by atoms with Crippen molar-refractivity contribution in [3.05, 3.63) is 64.6 Å². The number of rotatable bonds is 5. The first kappa shape index (κ1) is 18.1. The SMILES string of the molecule is O=C(CCc1nc(-c2ccccn2)cs1)Nc1ccc(C(F)(F)F)cc1. The lowest BCUT2D eigenvalue weighted by Gasteiger charge is -2.08. The first-order valence-electron chi connectivity index (χ1n) is 7.75. The van der Waals surface area contributed by atoms with Crippen molar-refractivity contribution in [3.63, 3.8) is 0 Å². The molecule has 1 amide bonds. The molecule has 134 valence electrons. The van der Waals surface area contributed by atoms with Gasteiger partial charge in [-0.25, -0.2) is 4.98 Å². The quantitative estimate of drug-likeness (QED) is 0.695. The molecule has 0 saturated carbocycles. The van der Waals surface area contributed by atoms with Gasteiger partial charge in [-0.1, -0.05) is 6.07 Å². The fourth-order valence-electron chi connectivity index (χ4n) is 2.24. The normalized spacial score (nSPS) is 11.3. The highest BCUT2D eigenvalue weighted by atomic mass is 32.1. The van der Waals surface area contributed by atoms with Crippen LogP contribution in [0.15, 0.2) is 54.0 Å². The molecule has 0 bridgehead atoms. The Hall–Kier alpha value is -2.74. The molecule has 2 heterocycles. The Labute approximate surface area is 151 Å². The first-order valence-corrected chi connectivity index (χ1v) is 8.63. The van der Waals surface area contributed by atoms with Gasteiger partial charge in [-0.15, -0.1) is 11.3 Å². The summed E-state index contributed by atoms with van der Waals surface area (Å²) in [4.78, 5) is 20.6. The van der Waals surface area contributed by atoms with E-state index in [-0.39, 0.29) is 12.3 Å². The molecule has 0 fully saturated rings. The van der Waals surface area contributed by atoms with Gasteiger partial charge < -0.3 is 5.32 Å². The third-order valence-electron chi connectivity index (χ3n) is 3.54. The Kier molecular flexibility index (Phi) is 5.32. The van der Waals surface area contributed by atoms with Crippen molar-refractivity contribution in [2.45, 2.75) is 19.0 Å². The van der Waals surface area contributed by atoms with E-state index in [9.17, 15) is 18.0 Å². The summed E-state index contributed by atoms with van der Waals surface area (Å²) in [6.07, 6.45) is -2.06. The lowest BCUT2D eigenvalue weighted by molar-refractivity contribution is -0.137. The van der Waals surface area contributed by atoms with E-state index in [0.717, 1.165) is 28.5 Å². The molecule has 0 unspecified atom stereocenters. The van der Waals surface area contributed by atoms with Crippen LogP contribution in [0.3, 0.4) is 0 Å². The van der Waals surface area contributed by atoms with Crippen LogP contribution in [0.25, 0.3) is 11.4 Å². The molecule has 2 aromatic heterocycles. The zero-order valence-electron chi connectivity index (χ0n) is 13.5. The third kappa shape index (κ3) is 4.66. The zero-order valence-corrected chi connectivity index (χ0v) is 14.3. The second-order valence-corrected chi connectivity index (χ2v) is 6.41. The van der Waals surface area contributed by atoms with Gasteiger partial charge in [0.25, 0.3) is 0 Å². The van der Waals surface area contributed by atoms with Crippen LogP contribution in [0.2, 0.25) is 0 Å². The largest absolute Gasteiger partial charge is 0.416 e. The predicted octanol–water partition coefficient (Wildman–Crippen LogP) is 4.80. The van der Waals surface area contributed by atoms with Gasteiger partial charge in [-0.2, -0.15) is 13.2 Å². The molecular weight excluding hydrogens is 363 g/mol. The van der Waals surface area contributed by atoms with Gasteiger partial charge in [0.15, 0.2) is 0 Å². The molecule has 8 heteroatoms. The average Bonchev–Trinajstić information content (AvgIpc) is 3.09. The van der Waals surface area contributed by atoms with E-state index in [2.05, 4.69) is 15.3 Å². The minimum absolute atomic E-state index is 0.191. The molecule has 0 aliphatic carbocycles. The summed E-state index contributed by atoms with van der Waals surface area (Å²) in [7, 11) is 0. The van der Waals surface area contributed by atoms with Crippen molar-refractivity contribution in [1.29, 1.82) is 0 Å². The van der Waals surface area contributed by atoms with E-state index in [1.165, 1.54) is 23.5 Å². The van der Waals surface area contributed by atoms with Gasteiger partial charge >= 0.3 is 6.18 Å². The van der Waals surface area contributed by atoms with E-state index < -0.39 is 11.7 Å². The third-order valence-corrected chi connectivity index (χ3v) is 4.45. The molecule has 0 aliphatic heterocycles. The average molecular weight is 377 g/mol. The first-order chi connectivity index (χ1) is 12.4. The number of hydrogen-bond donors (Lipinski definition) is 1. The van der Waals surface area contributed by atoms with Crippen LogP contribution in [-0.4, -0.2) is 15.9 Å². The molecule has 1 N–H and O–H groups in total. The summed E-state index contributed by atoms with van der Waals surface area (Å²) >= 11 is 1.44. The number of carbonyl (C=O) groups excluding carboxylic acids is 1. The summed E-state index contributed by atoms with van der Waals surface area (Å²) in [6, 6.07) is 9.91. The molecule has 1 aromatic carbocycles. The summed E-state index contributed by atoms with van der Waals surface area (Å²) in [5.74, 6) is -0.278. The van der Waals surface area contributed by atoms with Crippen LogP contribution >= 0.6 is 11.3 Å². The number of aryl methyl sites for hydroxylation is 1.